The van der Waals surface area contributed by atoms with Gasteiger partial charge in [0.1, 0.15) is 0 Å². The van der Waals surface area contributed by atoms with Gasteiger partial charge in [0.2, 0.25) is 0 Å². The lowest BCUT2D eigenvalue weighted by Crippen LogP contribution is -1.99. The molecule has 23 heavy (non-hydrogen) atoms. The van der Waals surface area contributed by atoms with Crippen LogP contribution < -0.4 is 4.74 Å². The quantitative estimate of drug-likeness (QED) is 0.685. The largest absolute Gasteiger partial charge is 0.491 e. The van der Waals surface area contributed by atoms with Crippen molar-refractivity contribution in [2.45, 2.75) is 32.6 Å². The van der Waals surface area contributed by atoms with Crippen LogP contribution in [0.3, 0.4) is 0 Å². The fraction of sp³-hybridized carbons (Fsp3) is 0.316. The lowest BCUT2D eigenvalue weighted by atomic mass is 10.0. The van der Waals surface area contributed by atoms with Gasteiger partial charge in [-0.3, -0.25) is 0 Å². The molecule has 0 aliphatic carbocycles. The highest BCUT2D eigenvalue weighted by Crippen LogP contribution is 2.26. The summed E-state index contributed by atoms with van der Waals surface area (Å²) >= 11 is 0. The number of benzene rings is 2. The first-order chi connectivity index (χ1) is 11.1. The molecule has 2 aromatic carbocycles. The molecule has 0 bridgehead atoms. The van der Waals surface area contributed by atoms with Crippen molar-refractivity contribution in [1.29, 1.82) is 0 Å². The molecule has 0 spiro atoms. The van der Waals surface area contributed by atoms with E-state index in [2.05, 4.69) is 6.92 Å². The van der Waals surface area contributed by atoms with E-state index in [4.69, 9.17) is 9.84 Å². The summed E-state index contributed by atoms with van der Waals surface area (Å²) < 4.78 is 19.6. The molecule has 3 nitrogen and oxygen atoms in total. The summed E-state index contributed by atoms with van der Waals surface area (Å²) in [6.45, 7) is 2.66. The van der Waals surface area contributed by atoms with Crippen LogP contribution in [0.25, 0.3) is 11.1 Å². The highest BCUT2D eigenvalue weighted by atomic mass is 19.1. The van der Waals surface area contributed by atoms with Crippen LogP contribution in [0.1, 0.15) is 43.0 Å². The van der Waals surface area contributed by atoms with Crippen LogP contribution in [0.15, 0.2) is 42.5 Å². The summed E-state index contributed by atoms with van der Waals surface area (Å²) in [4.78, 5) is 10.8. The standard InChI is InChI=1S/C19H21FO3/c1-2-3-4-5-12-23-18-11-10-16(13-17(18)20)14-6-8-15(9-7-14)19(21)22/h6-11,13H,2-5,12H2,1H3,(H,21,22). The minimum absolute atomic E-state index is 0.209. The maximum absolute atomic E-state index is 14.1. The van der Waals surface area contributed by atoms with Crippen LogP contribution in [0.2, 0.25) is 0 Å². The number of halogens is 1. The second-order valence-corrected chi connectivity index (χ2v) is 5.44. The minimum Gasteiger partial charge on any atom is -0.491 e. The summed E-state index contributed by atoms with van der Waals surface area (Å²) in [5, 5.41) is 8.89. The fourth-order valence-corrected chi connectivity index (χ4v) is 2.31. The summed E-state index contributed by atoms with van der Waals surface area (Å²) in [5.41, 5.74) is 1.67. The van der Waals surface area contributed by atoms with E-state index >= 15 is 0 Å². The van der Waals surface area contributed by atoms with Crippen molar-refractivity contribution in [1.82, 2.24) is 0 Å². The maximum Gasteiger partial charge on any atom is 0.335 e. The van der Waals surface area contributed by atoms with Crippen molar-refractivity contribution >= 4 is 5.97 Å². The Labute approximate surface area is 135 Å². The van der Waals surface area contributed by atoms with Gasteiger partial charge in [-0.2, -0.15) is 0 Å². The van der Waals surface area contributed by atoms with Crippen molar-refractivity contribution in [3.8, 4) is 16.9 Å². The van der Waals surface area contributed by atoms with Crippen molar-refractivity contribution in [3.05, 3.63) is 53.8 Å². The van der Waals surface area contributed by atoms with Gasteiger partial charge in [0.05, 0.1) is 12.2 Å². The zero-order chi connectivity index (χ0) is 16.7. The number of ether oxygens (including phenoxy) is 1. The van der Waals surface area contributed by atoms with E-state index in [0.717, 1.165) is 31.2 Å². The number of hydrogen-bond acceptors (Lipinski definition) is 2. The third-order valence-corrected chi connectivity index (χ3v) is 3.65. The predicted octanol–water partition coefficient (Wildman–Crippen LogP) is 5.15. The van der Waals surface area contributed by atoms with E-state index in [-0.39, 0.29) is 11.3 Å². The van der Waals surface area contributed by atoms with Gasteiger partial charge in [0, 0.05) is 0 Å². The van der Waals surface area contributed by atoms with Gasteiger partial charge in [-0.1, -0.05) is 44.4 Å². The lowest BCUT2D eigenvalue weighted by Gasteiger charge is -2.09. The highest BCUT2D eigenvalue weighted by molar-refractivity contribution is 5.88. The van der Waals surface area contributed by atoms with Crippen molar-refractivity contribution in [2.75, 3.05) is 6.61 Å². The molecule has 0 heterocycles. The monoisotopic (exact) mass is 316 g/mol. The molecular weight excluding hydrogens is 295 g/mol. The first-order valence-electron chi connectivity index (χ1n) is 7.88. The summed E-state index contributed by atoms with van der Waals surface area (Å²) in [6, 6.07) is 11.2. The van der Waals surface area contributed by atoms with E-state index in [1.807, 2.05) is 0 Å². The summed E-state index contributed by atoms with van der Waals surface area (Å²) in [5.74, 6) is -1.12. The van der Waals surface area contributed by atoms with Crippen LogP contribution in [0, 0.1) is 5.82 Å². The summed E-state index contributed by atoms with van der Waals surface area (Å²) in [6.07, 6.45) is 4.33. The molecule has 2 rings (SSSR count). The topological polar surface area (TPSA) is 46.5 Å². The number of carboxylic acids is 1. The van der Waals surface area contributed by atoms with E-state index < -0.39 is 11.8 Å². The molecule has 0 amide bonds. The average Bonchev–Trinajstić information content (AvgIpc) is 2.56. The van der Waals surface area contributed by atoms with Gasteiger partial charge < -0.3 is 9.84 Å². The number of carbonyl (C=O) groups is 1. The molecule has 0 unspecified atom stereocenters. The van der Waals surface area contributed by atoms with E-state index in [1.54, 1.807) is 24.3 Å². The first-order valence-corrected chi connectivity index (χ1v) is 7.88. The maximum atomic E-state index is 14.1. The van der Waals surface area contributed by atoms with Crippen molar-refractivity contribution in [3.63, 3.8) is 0 Å². The van der Waals surface area contributed by atoms with E-state index in [1.165, 1.54) is 18.2 Å². The molecule has 0 atom stereocenters. The molecule has 0 saturated carbocycles. The molecule has 0 aromatic heterocycles. The highest BCUT2D eigenvalue weighted by Gasteiger charge is 2.08. The summed E-state index contributed by atoms with van der Waals surface area (Å²) in [7, 11) is 0. The Morgan fingerprint density at radius 2 is 1.74 bits per heavy atom. The molecule has 1 N–H and O–H groups in total. The fourth-order valence-electron chi connectivity index (χ4n) is 2.31. The molecule has 2 aromatic rings. The van der Waals surface area contributed by atoms with E-state index in [9.17, 15) is 9.18 Å². The number of hydrogen-bond donors (Lipinski definition) is 1. The number of unbranched alkanes of at least 4 members (excludes halogenated alkanes) is 3. The van der Waals surface area contributed by atoms with Crippen LogP contribution in [-0.2, 0) is 0 Å². The predicted molar refractivity (Wildman–Crippen MR) is 88.4 cm³/mol. The second kappa shape index (κ2) is 8.32. The Morgan fingerprint density at radius 1 is 1.04 bits per heavy atom. The number of carboxylic acid groups (broad SMARTS) is 1. The zero-order valence-electron chi connectivity index (χ0n) is 13.2. The van der Waals surface area contributed by atoms with Crippen molar-refractivity contribution in [2.24, 2.45) is 0 Å². The molecule has 122 valence electrons. The smallest absolute Gasteiger partial charge is 0.335 e. The van der Waals surface area contributed by atoms with Gasteiger partial charge in [-0.25, -0.2) is 9.18 Å². The van der Waals surface area contributed by atoms with Crippen LogP contribution in [0.4, 0.5) is 4.39 Å². The molecule has 0 aliphatic rings. The minimum atomic E-state index is -0.977. The Bertz CT molecular complexity index is 650. The number of rotatable bonds is 8. The third-order valence-electron chi connectivity index (χ3n) is 3.65. The van der Waals surface area contributed by atoms with Crippen LogP contribution >= 0.6 is 0 Å². The Kier molecular flexibility index (Phi) is 6.15. The SMILES string of the molecule is CCCCCCOc1ccc(-c2ccc(C(=O)O)cc2)cc1F. The normalized spacial score (nSPS) is 10.5. The Morgan fingerprint density at radius 3 is 2.35 bits per heavy atom. The van der Waals surface area contributed by atoms with Gasteiger partial charge in [-0.15, -0.1) is 0 Å². The molecule has 0 aliphatic heterocycles. The van der Waals surface area contributed by atoms with Gasteiger partial charge in [0.25, 0.3) is 0 Å². The molecule has 0 saturated heterocycles. The van der Waals surface area contributed by atoms with Crippen molar-refractivity contribution < 1.29 is 19.0 Å². The first kappa shape index (κ1) is 17.0. The van der Waals surface area contributed by atoms with Gasteiger partial charge in [0.15, 0.2) is 11.6 Å². The molecule has 0 fully saturated rings. The van der Waals surface area contributed by atoms with Crippen LogP contribution in [-0.4, -0.2) is 17.7 Å². The number of aromatic carboxylic acids is 1. The molecule has 4 heteroatoms. The lowest BCUT2D eigenvalue weighted by molar-refractivity contribution is 0.0697. The van der Waals surface area contributed by atoms with E-state index in [0.29, 0.717) is 12.2 Å². The average molecular weight is 316 g/mol. The second-order valence-electron chi connectivity index (χ2n) is 5.44. The molecule has 0 radical (unpaired) electrons. The van der Waals surface area contributed by atoms with Gasteiger partial charge in [-0.05, 0) is 41.8 Å². The molecular formula is C19H21FO3. The Balaban J connectivity index is 2.02. The van der Waals surface area contributed by atoms with Gasteiger partial charge >= 0.3 is 5.97 Å². The Hall–Kier alpha value is -2.36. The zero-order valence-corrected chi connectivity index (χ0v) is 13.2. The third kappa shape index (κ3) is 4.81. The van der Waals surface area contributed by atoms with Crippen LogP contribution in [0.5, 0.6) is 5.75 Å².